The Kier molecular flexibility index (Phi) is 4.01. The molecule has 0 unspecified atom stereocenters. The topological polar surface area (TPSA) is 23.6 Å². The highest BCUT2D eigenvalue weighted by atomic mass is 19.1. The summed E-state index contributed by atoms with van der Waals surface area (Å²) in [6, 6.07) is 5.62. The maximum absolute atomic E-state index is 13.7. The SMILES string of the molecule is O=Cc1c(F)cccc1N1CCN(C2CCCC2)CC1. The molecule has 4 heteroatoms. The molecule has 1 heterocycles. The van der Waals surface area contributed by atoms with Crippen molar-refractivity contribution in [2.75, 3.05) is 31.1 Å². The number of benzene rings is 1. The molecule has 0 spiro atoms. The van der Waals surface area contributed by atoms with E-state index in [1.54, 1.807) is 6.07 Å². The molecule has 2 aliphatic rings. The Hall–Kier alpha value is -1.42. The molecule has 20 heavy (non-hydrogen) atoms. The second kappa shape index (κ2) is 5.92. The number of rotatable bonds is 3. The predicted octanol–water partition coefficient (Wildman–Crippen LogP) is 2.70. The number of halogens is 1. The highest BCUT2D eigenvalue weighted by Gasteiger charge is 2.27. The van der Waals surface area contributed by atoms with E-state index in [4.69, 9.17) is 0 Å². The van der Waals surface area contributed by atoms with E-state index in [-0.39, 0.29) is 5.56 Å². The molecule has 1 aromatic rings. The Morgan fingerprint density at radius 2 is 1.80 bits per heavy atom. The molecule has 2 fully saturated rings. The van der Waals surface area contributed by atoms with Crippen LogP contribution >= 0.6 is 0 Å². The molecule has 0 aromatic heterocycles. The van der Waals surface area contributed by atoms with Crippen molar-refractivity contribution in [3.8, 4) is 0 Å². The summed E-state index contributed by atoms with van der Waals surface area (Å²) in [5, 5.41) is 0. The van der Waals surface area contributed by atoms with Crippen LogP contribution in [0.5, 0.6) is 0 Å². The fraction of sp³-hybridized carbons (Fsp3) is 0.562. The molecule has 1 aliphatic heterocycles. The first-order valence-corrected chi connectivity index (χ1v) is 7.52. The van der Waals surface area contributed by atoms with Crippen molar-refractivity contribution in [3.05, 3.63) is 29.6 Å². The van der Waals surface area contributed by atoms with Crippen molar-refractivity contribution < 1.29 is 9.18 Å². The third-order valence-corrected chi connectivity index (χ3v) is 4.64. The summed E-state index contributed by atoms with van der Waals surface area (Å²) in [7, 11) is 0. The summed E-state index contributed by atoms with van der Waals surface area (Å²) in [5.74, 6) is -0.421. The quantitative estimate of drug-likeness (QED) is 0.793. The Labute approximate surface area is 119 Å². The molecule has 1 saturated carbocycles. The van der Waals surface area contributed by atoms with Gasteiger partial charge in [0, 0.05) is 32.2 Å². The average molecular weight is 276 g/mol. The number of hydrogen-bond acceptors (Lipinski definition) is 3. The molecule has 108 valence electrons. The van der Waals surface area contributed by atoms with Crippen LogP contribution in [0, 0.1) is 5.82 Å². The minimum Gasteiger partial charge on any atom is -0.368 e. The second-order valence-corrected chi connectivity index (χ2v) is 5.75. The molecule has 3 nitrogen and oxygen atoms in total. The average Bonchev–Trinajstić information content (AvgIpc) is 3.01. The Bertz CT molecular complexity index is 477. The lowest BCUT2D eigenvalue weighted by Crippen LogP contribution is -2.50. The largest absolute Gasteiger partial charge is 0.368 e. The number of carbonyl (C=O) groups excluding carboxylic acids is 1. The highest BCUT2D eigenvalue weighted by Crippen LogP contribution is 2.27. The van der Waals surface area contributed by atoms with E-state index in [0.29, 0.717) is 6.29 Å². The van der Waals surface area contributed by atoms with E-state index >= 15 is 0 Å². The fourth-order valence-electron chi connectivity index (χ4n) is 3.52. The molecule has 0 bridgehead atoms. The van der Waals surface area contributed by atoms with Crippen molar-refractivity contribution in [1.82, 2.24) is 4.90 Å². The number of anilines is 1. The first kappa shape index (κ1) is 13.6. The van der Waals surface area contributed by atoms with Crippen LogP contribution in [0.2, 0.25) is 0 Å². The molecule has 0 amide bonds. The van der Waals surface area contributed by atoms with Crippen molar-refractivity contribution in [2.24, 2.45) is 0 Å². The van der Waals surface area contributed by atoms with Gasteiger partial charge in [-0.15, -0.1) is 0 Å². The summed E-state index contributed by atoms with van der Waals surface area (Å²) in [5.41, 5.74) is 0.938. The van der Waals surface area contributed by atoms with Crippen LogP contribution in [-0.2, 0) is 0 Å². The summed E-state index contributed by atoms with van der Waals surface area (Å²) in [6.45, 7) is 3.78. The van der Waals surface area contributed by atoms with Crippen LogP contribution in [0.1, 0.15) is 36.0 Å². The Morgan fingerprint density at radius 1 is 1.10 bits per heavy atom. The van der Waals surface area contributed by atoms with E-state index in [1.165, 1.54) is 31.7 Å². The van der Waals surface area contributed by atoms with Gasteiger partial charge < -0.3 is 4.90 Å². The molecular formula is C16H21FN2O. The molecule has 0 N–H and O–H groups in total. The molecule has 0 atom stereocenters. The maximum atomic E-state index is 13.7. The van der Waals surface area contributed by atoms with Crippen LogP contribution in [-0.4, -0.2) is 43.4 Å². The van der Waals surface area contributed by atoms with Gasteiger partial charge in [0.25, 0.3) is 0 Å². The lowest BCUT2D eigenvalue weighted by Gasteiger charge is -2.39. The van der Waals surface area contributed by atoms with E-state index in [0.717, 1.165) is 37.9 Å². The molecule has 1 aromatic carbocycles. The second-order valence-electron chi connectivity index (χ2n) is 5.75. The predicted molar refractivity (Wildman–Crippen MR) is 77.8 cm³/mol. The minimum absolute atomic E-state index is 0.196. The monoisotopic (exact) mass is 276 g/mol. The lowest BCUT2D eigenvalue weighted by atomic mass is 10.1. The number of hydrogen-bond donors (Lipinski definition) is 0. The third kappa shape index (κ3) is 2.57. The van der Waals surface area contributed by atoms with Gasteiger partial charge in [0.1, 0.15) is 5.82 Å². The molecule has 1 aliphatic carbocycles. The van der Waals surface area contributed by atoms with Crippen LogP contribution < -0.4 is 4.90 Å². The minimum atomic E-state index is -0.421. The summed E-state index contributed by atoms with van der Waals surface area (Å²) >= 11 is 0. The number of nitrogens with zero attached hydrogens (tertiary/aromatic N) is 2. The summed E-state index contributed by atoms with van der Waals surface area (Å²) < 4.78 is 13.7. The van der Waals surface area contributed by atoms with Crippen LogP contribution in [0.4, 0.5) is 10.1 Å². The van der Waals surface area contributed by atoms with Crippen molar-refractivity contribution in [1.29, 1.82) is 0 Å². The standard InChI is InChI=1S/C16H21FN2O/c17-15-6-3-7-16(14(15)12-20)19-10-8-18(9-11-19)13-4-1-2-5-13/h3,6-7,12-13H,1-2,4-5,8-11H2. The summed E-state index contributed by atoms with van der Waals surface area (Å²) in [4.78, 5) is 15.8. The number of piperazine rings is 1. The van der Waals surface area contributed by atoms with Gasteiger partial charge in [-0.2, -0.15) is 0 Å². The van der Waals surface area contributed by atoms with E-state index in [9.17, 15) is 9.18 Å². The van der Waals surface area contributed by atoms with Gasteiger partial charge >= 0.3 is 0 Å². The van der Waals surface area contributed by atoms with Crippen LogP contribution in [0.25, 0.3) is 0 Å². The zero-order valence-electron chi connectivity index (χ0n) is 11.7. The number of carbonyl (C=O) groups is 1. The van der Waals surface area contributed by atoms with Gasteiger partial charge in [0.2, 0.25) is 0 Å². The maximum Gasteiger partial charge on any atom is 0.155 e. The van der Waals surface area contributed by atoms with E-state index in [1.807, 2.05) is 6.07 Å². The van der Waals surface area contributed by atoms with Crippen LogP contribution in [0.15, 0.2) is 18.2 Å². The van der Waals surface area contributed by atoms with E-state index < -0.39 is 5.82 Å². The normalized spacial score (nSPS) is 21.4. The van der Waals surface area contributed by atoms with Crippen LogP contribution in [0.3, 0.4) is 0 Å². The molecule has 0 radical (unpaired) electrons. The van der Waals surface area contributed by atoms with E-state index in [2.05, 4.69) is 9.80 Å². The first-order valence-electron chi connectivity index (χ1n) is 7.52. The zero-order chi connectivity index (χ0) is 13.9. The Morgan fingerprint density at radius 3 is 2.45 bits per heavy atom. The number of aldehydes is 1. The van der Waals surface area contributed by atoms with Gasteiger partial charge in [-0.05, 0) is 25.0 Å². The van der Waals surface area contributed by atoms with Gasteiger partial charge in [-0.25, -0.2) is 4.39 Å². The first-order chi connectivity index (χ1) is 9.79. The Balaban J connectivity index is 1.68. The third-order valence-electron chi connectivity index (χ3n) is 4.64. The molecule has 3 rings (SSSR count). The van der Waals surface area contributed by atoms with Gasteiger partial charge in [0.05, 0.1) is 11.3 Å². The molecular weight excluding hydrogens is 255 g/mol. The van der Waals surface area contributed by atoms with Gasteiger partial charge in [-0.1, -0.05) is 18.9 Å². The van der Waals surface area contributed by atoms with Gasteiger partial charge in [0.15, 0.2) is 6.29 Å². The van der Waals surface area contributed by atoms with Crippen molar-refractivity contribution >= 4 is 12.0 Å². The summed E-state index contributed by atoms with van der Waals surface area (Å²) in [6.07, 6.45) is 5.97. The lowest BCUT2D eigenvalue weighted by molar-refractivity contribution is 0.112. The van der Waals surface area contributed by atoms with Crippen molar-refractivity contribution in [3.63, 3.8) is 0 Å². The fourth-order valence-corrected chi connectivity index (χ4v) is 3.52. The van der Waals surface area contributed by atoms with Crippen molar-refractivity contribution in [2.45, 2.75) is 31.7 Å². The van der Waals surface area contributed by atoms with Gasteiger partial charge in [-0.3, -0.25) is 9.69 Å². The smallest absolute Gasteiger partial charge is 0.155 e. The molecule has 1 saturated heterocycles. The zero-order valence-corrected chi connectivity index (χ0v) is 11.7. The highest BCUT2D eigenvalue weighted by molar-refractivity contribution is 5.85.